The van der Waals surface area contributed by atoms with Gasteiger partial charge in [-0.25, -0.2) is 9.98 Å². The summed E-state index contributed by atoms with van der Waals surface area (Å²) in [6.07, 6.45) is 1.46. The number of aromatic amines is 1. The number of nitrogens with zero attached hydrogens (tertiary/aromatic N) is 6. The first-order chi connectivity index (χ1) is 10.3. The van der Waals surface area contributed by atoms with Gasteiger partial charge in [0.15, 0.2) is 5.82 Å². The van der Waals surface area contributed by atoms with E-state index in [1.165, 1.54) is 17.6 Å². The molecule has 0 aliphatic rings. The lowest BCUT2D eigenvalue weighted by atomic mass is 10.2. The van der Waals surface area contributed by atoms with Gasteiger partial charge in [-0.05, 0) is 12.1 Å². The van der Waals surface area contributed by atoms with Gasteiger partial charge in [0, 0.05) is 12.3 Å². The number of ether oxygens (including phenoxy) is 1. The van der Waals surface area contributed by atoms with Gasteiger partial charge in [-0.1, -0.05) is 16.6 Å². The van der Waals surface area contributed by atoms with Crippen LogP contribution in [-0.4, -0.2) is 38.9 Å². The average molecular weight is 299 g/mol. The molecule has 21 heavy (non-hydrogen) atoms. The summed E-state index contributed by atoms with van der Waals surface area (Å²) in [5, 5.41) is 22.9. The molecule has 9 heteroatoms. The Hall–Kier alpha value is -2.86. The van der Waals surface area contributed by atoms with Crippen molar-refractivity contribution in [3.05, 3.63) is 24.0 Å². The van der Waals surface area contributed by atoms with Crippen LogP contribution >= 0.6 is 11.3 Å². The highest BCUT2D eigenvalue weighted by Crippen LogP contribution is 2.30. The summed E-state index contributed by atoms with van der Waals surface area (Å²) < 4.78 is 6.15. The van der Waals surface area contributed by atoms with Crippen LogP contribution < -0.4 is 4.74 Å². The average Bonchev–Trinajstić information content (AvgIpc) is 3.16. The van der Waals surface area contributed by atoms with Crippen LogP contribution in [0.25, 0.3) is 10.2 Å². The van der Waals surface area contributed by atoms with Crippen molar-refractivity contribution >= 4 is 32.9 Å². The van der Waals surface area contributed by atoms with E-state index in [-0.39, 0.29) is 5.82 Å². The van der Waals surface area contributed by atoms with Gasteiger partial charge in [0.25, 0.3) is 0 Å². The quantitative estimate of drug-likeness (QED) is 0.735. The van der Waals surface area contributed by atoms with Crippen molar-refractivity contribution in [1.29, 1.82) is 5.26 Å². The molecule has 8 nitrogen and oxygen atoms in total. The third-order valence-corrected chi connectivity index (χ3v) is 3.64. The normalized spacial score (nSPS) is 12.6. The molecular weight excluding hydrogens is 290 g/mol. The molecule has 0 saturated heterocycles. The zero-order valence-electron chi connectivity index (χ0n) is 10.9. The Morgan fingerprint density at radius 3 is 3.14 bits per heavy atom. The molecule has 2 aromatic heterocycles. The Labute approximate surface area is 123 Å². The molecule has 0 aliphatic heterocycles. The van der Waals surface area contributed by atoms with E-state index in [4.69, 9.17) is 10.00 Å². The summed E-state index contributed by atoms with van der Waals surface area (Å²) in [5.41, 5.74) is 0.805. The summed E-state index contributed by atoms with van der Waals surface area (Å²) in [5.74, 6) is 0.361. The zero-order valence-corrected chi connectivity index (χ0v) is 11.7. The molecule has 2 heterocycles. The van der Waals surface area contributed by atoms with Crippen LogP contribution in [0.5, 0.6) is 5.75 Å². The number of nitrogens with one attached hydrogen (secondary N) is 1. The number of aliphatic imine (C=N–C) groups is 1. The Bertz CT molecular complexity index is 818. The number of hydrogen-bond acceptors (Lipinski definition) is 8. The molecular formula is C12H9N7OS. The third-order valence-electron chi connectivity index (χ3n) is 2.70. The van der Waals surface area contributed by atoms with Gasteiger partial charge in [-0.2, -0.15) is 10.5 Å². The van der Waals surface area contributed by atoms with Gasteiger partial charge < -0.3 is 4.74 Å². The summed E-state index contributed by atoms with van der Waals surface area (Å²) >= 11 is 1.43. The molecule has 104 valence electrons. The second kappa shape index (κ2) is 5.64. The maximum absolute atomic E-state index is 9.09. The summed E-state index contributed by atoms with van der Waals surface area (Å²) in [6.45, 7) is 0. The van der Waals surface area contributed by atoms with Gasteiger partial charge in [-0.15, -0.1) is 10.2 Å². The summed E-state index contributed by atoms with van der Waals surface area (Å²) in [6, 6.07) is 7.68. The number of benzene rings is 1. The Kier molecular flexibility index (Phi) is 3.53. The van der Waals surface area contributed by atoms with Crippen molar-refractivity contribution in [2.24, 2.45) is 4.99 Å². The predicted octanol–water partition coefficient (Wildman–Crippen LogP) is 1.83. The molecule has 0 fully saturated rings. The Morgan fingerprint density at radius 1 is 1.52 bits per heavy atom. The molecule has 1 N–H and O–H groups in total. The number of thiazole rings is 1. The van der Waals surface area contributed by atoms with Crippen molar-refractivity contribution in [1.82, 2.24) is 25.6 Å². The molecule has 1 unspecified atom stereocenters. The minimum absolute atomic E-state index is 0.282. The highest BCUT2D eigenvalue weighted by Gasteiger charge is 2.13. The number of H-pyrrole nitrogens is 1. The van der Waals surface area contributed by atoms with Gasteiger partial charge in [0.05, 0.1) is 23.4 Å². The lowest BCUT2D eigenvalue weighted by molar-refractivity contribution is 0.415. The largest absolute Gasteiger partial charge is 0.497 e. The van der Waals surface area contributed by atoms with E-state index in [9.17, 15) is 0 Å². The van der Waals surface area contributed by atoms with Crippen LogP contribution in [0, 0.1) is 11.3 Å². The van der Waals surface area contributed by atoms with Crippen molar-refractivity contribution < 1.29 is 4.74 Å². The predicted molar refractivity (Wildman–Crippen MR) is 76.9 cm³/mol. The number of tetrazole rings is 1. The molecule has 0 aliphatic carbocycles. The molecule has 0 spiro atoms. The van der Waals surface area contributed by atoms with E-state index in [2.05, 4.69) is 30.6 Å². The Balaban J connectivity index is 1.87. The molecule has 0 radical (unpaired) electrons. The van der Waals surface area contributed by atoms with Crippen LogP contribution in [-0.2, 0) is 0 Å². The van der Waals surface area contributed by atoms with E-state index >= 15 is 0 Å². The van der Waals surface area contributed by atoms with Crippen molar-refractivity contribution in [3.8, 4) is 11.8 Å². The van der Waals surface area contributed by atoms with E-state index < -0.39 is 5.92 Å². The van der Waals surface area contributed by atoms with E-state index in [0.717, 1.165) is 16.0 Å². The van der Waals surface area contributed by atoms with Crippen LogP contribution in [0.1, 0.15) is 11.7 Å². The number of nitriles is 1. The highest BCUT2D eigenvalue weighted by atomic mass is 32.1. The van der Waals surface area contributed by atoms with Crippen LogP contribution in [0.2, 0.25) is 0 Å². The first kappa shape index (κ1) is 13.1. The summed E-state index contributed by atoms with van der Waals surface area (Å²) in [4.78, 5) is 8.60. The number of aromatic nitrogens is 5. The molecule has 3 rings (SSSR count). The van der Waals surface area contributed by atoms with Crippen LogP contribution in [0.4, 0.5) is 5.13 Å². The minimum Gasteiger partial charge on any atom is -0.497 e. The van der Waals surface area contributed by atoms with Crippen molar-refractivity contribution in [3.63, 3.8) is 0 Å². The maximum Gasteiger partial charge on any atom is 0.209 e. The number of fused-ring (bicyclic) bond motifs is 1. The fourth-order valence-corrected chi connectivity index (χ4v) is 2.47. The van der Waals surface area contributed by atoms with Gasteiger partial charge >= 0.3 is 0 Å². The summed E-state index contributed by atoms with van der Waals surface area (Å²) in [7, 11) is 1.61. The van der Waals surface area contributed by atoms with Gasteiger partial charge in [0.2, 0.25) is 5.13 Å². The molecule has 3 aromatic rings. The fourth-order valence-electron chi connectivity index (χ4n) is 1.67. The van der Waals surface area contributed by atoms with Crippen molar-refractivity contribution in [2.75, 3.05) is 7.11 Å². The molecule has 0 amide bonds. The number of rotatable bonds is 4. The highest BCUT2D eigenvalue weighted by molar-refractivity contribution is 7.22. The van der Waals surface area contributed by atoms with E-state index in [0.29, 0.717) is 5.13 Å². The lowest BCUT2D eigenvalue weighted by Crippen LogP contribution is -1.99. The Morgan fingerprint density at radius 2 is 2.43 bits per heavy atom. The van der Waals surface area contributed by atoms with Crippen LogP contribution in [0.3, 0.4) is 0 Å². The first-order valence-electron chi connectivity index (χ1n) is 5.92. The molecule has 1 atom stereocenters. The standard InChI is InChI=1S/C12H9N7OS/c1-20-8-2-3-10-9(4-8)15-12(21-10)14-6-7(5-13)11-16-18-19-17-11/h2-4,6-7H,1H3,(H,16,17,18,19). The minimum atomic E-state index is -0.662. The monoisotopic (exact) mass is 299 g/mol. The molecule has 0 bridgehead atoms. The molecule has 0 saturated carbocycles. The lowest BCUT2D eigenvalue weighted by Gasteiger charge is -1.96. The maximum atomic E-state index is 9.09. The zero-order chi connectivity index (χ0) is 14.7. The number of hydrogen-bond donors (Lipinski definition) is 1. The van der Waals surface area contributed by atoms with E-state index in [1.807, 2.05) is 24.3 Å². The molecule has 1 aromatic carbocycles. The topological polar surface area (TPSA) is 113 Å². The third kappa shape index (κ3) is 2.70. The SMILES string of the molecule is COc1ccc2sc(N=CC(C#N)c3nn[nH]n3)nc2c1. The second-order valence-corrected chi connectivity index (χ2v) is 4.99. The second-order valence-electron chi connectivity index (χ2n) is 3.99. The number of methoxy groups -OCH3 is 1. The van der Waals surface area contributed by atoms with Gasteiger partial charge in [0.1, 0.15) is 11.7 Å². The van der Waals surface area contributed by atoms with Crippen LogP contribution in [0.15, 0.2) is 23.2 Å². The van der Waals surface area contributed by atoms with Crippen molar-refractivity contribution in [2.45, 2.75) is 5.92 Å². The fraction of sp³-hybridized carbons (Fsp3) is 0.167. The van der Waals surface area contributed by atoms with E-state index in [1.54, 1.807) is 7.11 Å². The smallest absolute Gasteiger partial charge is 0.209 e. The van der Waals surface area contributed by atoms with Gasteiger partial charge in [-0.3, -0.25) is 0 Å². The first-order valence-corrected chi connectivity index (χ1v) is 6.73.